The van der Waals surface area contributed by atoms with E-state index in [2.05, 4.69) is 10.3 Å². The molecule has 0 aliphatic rings. The number of carbonyl (C=O) groups is 1. The first kappa shape index (κ1) is 23.6. The Labute approximate surface area is 206 Å². The fourth-order valence-corrected chi connectivity index (χ4v) is 4.22. The topological polar surface area (TPSA) is 77.9 Å². The largest absolute Gasteiger partial charge is 0.453 e. The molecule has 4 aromatic rings. The highest BCUT2D eigenvalue weighted by atomic mass is 35.5. The number of aromatic amines is 1. The monoisotopic (exact) mass is 495 g/mol. The molecule has 0 radical (unpaired) electrons. The van der Waals surface area contributed by atoms with Crippen LogP contribution < -0.4 is 10.1 Å². The number of nitriles is 1. The predicted octanol–water partition coefficient (Wildman–Crippen LogP) is 7.33. The van der Waals surface area contributed by atoms with Gasteiger partial charge < -0.3 is 15.0 Å². The van der Waals surface area contributed by atoms with Crippen molar-refractivity contribution in [3.63, 3.8) is 0 Å². The van der Waals surface area contributed by atoms with E-state index in [9.17, 15) is 4.79 Å². The lowest BCUT2D eigenvalue weighted by atomic mass is 9.99. The van der Waals surface area contributed by atoms with Crippen molar-refractivity contribution in [2.75, 3.05) is 0 Å². The highest BCUT2D eigenvalue weighted by Gasteiger charge is 2.21. The van der Waals surface area contributed by atoms with E-state index < -0.39 is 5.82 Å². The summed E-state index contributed by atoms with van der Waals surface area (Å²) in [6.07, 6.45) is 0. The van der Waals surface area contributed by atoms with E-state index in [4.69, 9.17) is 33.2 Å². The maximum absolute atomic E-state index is 15.3. The zero-order valence-electron chi connectivity index (χ0n) is 18.4. The summed E-state index contributed by atoms with van der Waals surface area (Å²) in [6.45, 7) is 3.95. The maximum atomic E-state index is 15.3. The van der Waals surface area contributed by atoms with Crippen LogP contribution >= 0.6 is 23.2 Å². The Morgan fingerprint density at radius 1 is 1.18 bits per heavy atom. The number of hydrogen-bond donors (Lipinski definition) is 2. The molecule has 1 aromatic heterocycles. The number of benzene rings is 3. The first-order valence-electron chi connectivity index (χ1n) is 10.5. The summed E-state index contributed by atoms with van der Waals surface area (Å²) in [7, 11) is 0. The van der Waals surface area contributed by atoms with Crippen molar-refractivity contribution in [1.29, 1.82) is 5.26 Å². The number of ether oxygens (including phenoxy) is 1. The van der Waals surface area contributed by atoms with E-state index in [0.29, 0.717) is 5.69 Å². The maximum Gasteiger partial charge on any atom is 0.268 e. The SMILES string of the molecule is CC(C)c1c(C(=O)NCc2ccc(Cl)c(Oc3cc(Cl)cc(C#N)c3)c2F)[nH]c2ccccc12. The van der Waals surface area contributed by atoms with Crippen LogP contribution in [0.15, 0.2) is 54.6 Å². The molecule has 4 rings (SSSR count). The van der Waals surface area contributed by atoms with Gasteiger partial charge in [0.05, 0.1) is 16.7 Å². The average Bonchev–Trinajstić information content (AvgIpc) is 3.21. The fraction of sp³-hybridized carbons (Fsp3) is 0.154. The molecule has 0 saturated carbocycles. The predicted molar refractivity (Wildman–Crippen MR) is 131 cm³/mol. The molecule has 172 valence electrons. The Balaban J connectivity index is 1.59. The number of nitrogens with zero attached hydrogens (tertiary/aromatic N) is 1. The van der Waals surface area contributed by atoms with E-state index in [1.54, 1.807) is 0 Å². The van der Waals surface area contributed by atoms with Gasteiger partial charge in [-0.1, -0.05) is 61.3 Å². The van der Waals surface area contributed by atoms with Crippen molar-refractivity contribution in [2.45, 2.75) is 26.3 Å². The third-order valence-corrected chi connectivity index (χ3v) is 5.86. The molecule has 0 fully saturated rings. The van der Waals surface area contributed by atoms with Gasteiger partial charge in [0, 0.05) is 28.0 Å². The molecule has 34 heavy (non-hydrogen) atoms. The van der Waals surface area contributed by atoms with Crippen LogP contribution in [0.1, 0.15) is 46.9 Å². The van der Waals surface area contributed by atoms with E-state index in [1.807, 2.05) is 44.2 Å². The van der Waals surface area contributed by atoms with Gasteiger partial charge in [0.15, 0.2) is 11.6 Å². The van der Waals surface area contributed by atoms with E-state index in [1.165, 1.54) is 30.3 Å². The molecule has 1 heterocycles. The number of H-pyrrole nitrogens is 1. The van der Waals surface area contributed by atoms with Crippen LogP contribution in [0.4, 0.5) is 4.39 Å². The van der Waals surface area contributed by atoms with Crippen molar-refractivity contribution in [1.82, 2.24) is 10.3 Å². The minimum Gasteiger partial charge on any atom is -0.453 e. The quantitative estimate of drug-likeness (QED) is 0.293. The van der Waals surface area contributed by atoms with Crippen molar-refractivity contribution in [2.24, 2.45) is 0 Å². The summed E-state index contributed by atoms with van der Waals surface area (Å²) >= 11 is 12.2. The summed E-state index contributed by atoms with van der Waals surface area (Å²) in [6, 6.07) is 17.0. The fourth-order valence-electron chi connectivity index (χ4n) is 3.81. The van der Waals surface area contributed by atoms with Gasteiger partial charge in [-0.3, -0.25) is 4.79 Å². The first-order valence-corrected chi connectivity index (χ1v) is 11.3. The van der Waals surface area contributed by atoms with Gasteiger partial charge in [0.2, 0.25) is 0 Å². The van der Waals surface area contributed by atoms with Gasteiger partial charge in [-0.2, -0.15) is 5.26 Å². The van der Waals surface area contributed by atoms with Gasteiger partial charge in [-0.15, -0.1) is 0 Å². The van der Waals surface area contributed by atoms with Crippen LogP contribution in [0.25, 0.3) is 10.9 Å². The number of hydrogen-bond acceptors (Lipinski definition) is 3. The van der Waals surface area contributed by atoms with E-state index >= 15 is 4.39 Å². The Morgan fingerprint density at radius 3 is 2.68 bits per heavy atom. The molecule has 0 aliphatic heterocycles. The smallest absolute Gasteiger partial charge is 0.268 e. The van der Waals surface area contributed by atoms with Crippen molar-refractivity contribution < 1.29 is 13.9 Å². The minimum atomic E-state index is -0.716. The average molecular weight is 496 g/mol. The zero-order chi connectivity index (χ0) is 24.4. The first-order chi connectivity index (χ1) is 16.3. The molecular weight excluding hydrogens is 476 g/mol. The second-order valence-corrected chi connectivity index (χ2v) is 8.88. The highest BCUT2D eigenvalue weighted by molar-refractivity contribution is 6.32. The summed E-state index contributed by atoms with van der Waals surface area (Å²) in [4.78, 5) is 16.2. The molecule has 2 N–H and O–H groups in total. The number of nitrogens with one attached hydrogen (secondary N) is 2. The van der Waals surface area contributed by atoms with Crippen LogP contribution in [0.3, 0.4) is 0 Å². The van der Waals surface area contributed by atoms with Crippen LogP contribution in [-0.2, 0) is 6.54 Å². The Hall–Kier alpha value is -3.53. The van der Waals surface area contributed by atoms with Gasteiger partial charge in [-0.05, 0) is 41.8 Å². The number of amides is 1. The standard InChI is InChI=1S/C26H20Cl2FN3O2/c1-14(2)22-19-5-3-4-6-21(19)32-24(22)26(33)31-13-16-7-8-20(28)25(23(16)29)34-18-10-15(12-30)9-17(27)11-18/h3-11,14,32H,13H2,1-2H3,(H,31,33). The number of para-hydroxylation sites is 1. The van der Waals surface area contributed by atoms with Crippen molar-refractivity contribution in [3.05, 3.63) is 92.8 Å². The molecule has 5 nitrogen and oxygen atoms in total. The number of halogens is 3. The third-order valence-electron chi connectivity index (χ3n) is 5.34. The van der Waals surface area contributed by atoms with Crippen LogP contribution in [-0.4, -0.2) is 10.9 Å². The summed E-state index contributed by atoms with van der Waals surface area (Å²) in [5, 5.41) is 13.2. The van der Waals surface area contributed by atoms with E-state index in [-0.39, 0.29) is 51.0 Å². The van der Waals surface area contributed by atoms with Gasteiger partial charge in [0.25, 0.3) is 5.91 Å². The molecule has 3 aromatic carbocycles. The van der Waals surface area contributed by atoms with Gasteiger partial charge >= 0.3 is 0 Å². The number of fused-ring (bicyclic) bond motifs is 1. The van der Waals surface area contributed by atoms with Gasteiger partial charge in [0.1, 0.15) is 11.4 Å². The third kappa shape index (κ3) is 4.72. The molecule has 1 amide bonds. The molecule has 8 heteroatoms. The Bertz CT molecular complexity index is 1440. The lowest BCUT2D eigenvalue weighted by molar-refractivity contribution is 0.0945. The Kier molecular flexibility index (Phi) is 6.78. The zero-order valence-corrected chi connectivity index (χ0v) is 19.9. The van der Waals surface area contributed by atoms with Crippen molar-refractivity contribution >= 4 is 40.0 Å². The molecule has 0 saturated heterocycles. The molecule has 0 spiro atoms. The molecule has 0 atom stereocenters. The number of carbonyl (C=O) groups excluding carboxylic acids is 1. The van der Waals surface area contributed by atoms with Crippen LogP contribution in [0.2, 0.25) is 10.0 Å². The van der Waals surface area contributed by atoms with E-state index in [0.717, 1.165) is 16.5 Å². The van der Waals surface area contributed by atoms with Crippen molar-refractivity contribution in [3.8, 4) is 17.6 Å². The normalized spacial score (nSPS) is 11.0. The van der Waals surface area contributed by atoms with Gasteiger partial charge in [-0.25, -0.2) is 4.39 Å². The summed E-state index contributed by atoms with van der Waals surface area (Å²) in [5.74, 6) is -0.990. The lowest BCUT2D eigenvalue weighted by Gasteiger charge is -2.13. The second kappa shape index (κ2) is 9.76. The number of aromatic nitrogens is 1. The summed E-state index contributed by atoms with van der Waals surface area (Å²) in [5.41, 5.74) is 2.68. The van der Waals surface area contributed by atoms with Crippen LogP contribution in [0, 0.1) is 17.1 Å². The number of rotatable bonds is 6. The molecular formula is C26H20Cl2FN3O2. The lowest BCUT2D eigenvalue weighted by Crippen LogP contribution is -2.25. The second-order valence-electron chi connectivity index (χ2n) is 8.04. The molecule has 0 unspecified atom stereocenters. The summed E-state index contributed by atoms with van der Waals surface area (Å²) < 4.78 is 20.9. The van der Waals surface area contributed by atoms with Crippen LogP contribution in [0.5, 0.6) is 11.5 Å². The Morgan fingerprint density at radius 2 is 1.94 bits per heavy atom. The highest BCUT2D eigenvalue weighted by Crippen LogP contribution is 2.35. The molecule has 0 aliphatic carbocycles. The minimum absolute atomic E-state index is 0.0452. The molecule has 0 bridgehead atoms.